The molecule has 1 aliphatic rings. The molecule has 1 aromatic heterocycles. The normalized spacial score (nSPS) is 21.9. The molecule has 84 valence electrons. The summed E-state index contributed by atoms with van der Waals surface area (Å²) in [6.07, 6.45) is 3.64. The molecule has 0 saturated carbocycles. The second kappa shape index (κ2) is 4.75. The molecule has 0 aliphatic carbocycles. The highest BCUT2D eigenvalue weighted by Crippen LogP contribution is 2.22. The van der Waals surface area contributed by atoms with E-state index in [1.54, 1.807) is 0 Å². The quantitative estimate of drug-likeness (QED) is 0.818. The zero-order chi connectivity index (χ0) is 10.7. The molecule has 1 N–H and O–H groups in total. The Bertz CT molecular complexity index is 312. The second-order valence-electron chi connectivity index (χ2n) is 4.30. The van der Waals surface area contributed by atoms with E-state index >= 15 is 0 Å². The van der Waals surface area contributed by atoms with Crippen molar-refractivity contribution in [1.29, 1.82) is 0 Å². The van der Waals surface area contributed by atoms with Crippen molar-refractivity contribution in [2.24, 2.45) is 0 Å². The van der Waals surface area contributed by atoms with Crippen molar-refractivity contribution >= 4 is 0 Å². The number of nitrogens with one attached hydrogen (secondary N) is 1. The minimum absolute atomic E-state index is 0.562. The molecule has 0 unspecified atom stereocenters. The van der Waals surface area contributed by atoms with Gasteiger partial charge in [-0.15, -0.1) is 10.2 Å². The zero-order valence-electron chi connectivity index (χ0n) is 9.66. The largest absolute Gasteiger partial charge is 0.316 e. The number of hydrogen-bond acceptors (Lipinski definition) is 3. The van der Waals surface area contributed by atoms with E-state index in [0.29, 0.717) is 5.92 Å². The lowest BCUT2D eigenvalue weighted by molar-refractivity contribution is 0.429. The Morgan fingerprint density at radius 2 is 2.33 bits per heavy atom. The molecular formula is C11H20N4. The van der Waals surface area contributed by atoms with Crippen molar-refractivity contribution < 1.29 is 0 Å². The van der Waals surface area contributed by atoms with Gasteiger partial charge in [-0.25, -0.2) is 0 Å². The van der Waals surface area contributed by atoms with Gasteiger partial charge in [-0.1, -0.05) is 6.92 Å². The molecule has 15 heavy (non-hydrogen) atoms. The molecule has 0 spiro atoms. The predicted octanol–water partition coefficient (Wildman–Crippen LogP) is 1.46. The Morgan fingerprint density at radius 3 is 3.00 bits per heavy atom. The van der Waals surface area contributed by atoms with Crippen molar-refractivity contribution in [3.8, 4) is 0 Å². The van der Waals surface area contributed by atoms with Crippen LogP contribution in [-0.2, 0) is 6.54 Å². The van der Waals surface area contributed by atoms with E-state index in [1.807, 2.05) is 6.92 Å². The maximum absolute atomic E-state index is 4.33. The van der Waals surface area contributed by atoms with Crippen molar-refractivity contribution in [2.45, 2.75) is 45.6 Å². The lowest BCUT2D eigenvalue weighted by Gasteiger charge is -2.22. The maximum atomic E-state index is 4.33. The topological polar surface area (TPSA) is 42.7 Å². The number of aryl methyl sites for hydroxylation is 1. The summed E-state index contributed by atoms with van der Waals surface area (Å²) >= 11 is 0. The van der Waals surface area contributed by atoms with Gasteiger partial charge in [-0.2, -0.15) is 0 Å². The lowest BCUT2D eigenvalue weighted by atomic mass is 9.99. The molecule has 1 fully saturated rings. The number of aromatic nitrogens is 3. The minimum Gasteiger partial charge on any atom is -0.316 e. The molecule has 4 nitrogen and oxygen atoms in total. The van der Waals surface area contributed by atoms with Crippen LogP contribution in [-0.4, -0.2) is 27.9 Å². The van der Waals surface area contributed by atoms with Crippen LogP contribution in [0.25, 0.3) is 0 Å². The van der Waals surface area contributed by atoms with E-state index < -0.39 is 0 Å². The molecule has 1 atom stereocenters. The van der Waals surface area contributed by atoms with Crippen LogP contribution < -0.4 is 5.32 Å². The number of nitrogens with zero attached hydrogens (tertiary/aromatic N) is 3. The smallest absolute Gasteiger partial charge is 0.137 e. The Balaban J connectivity index is 2.18. The van der Waals surface area contributed by atoms with Gasteiger partial charge in [0, 0.05) is 19.0 Å². The first-order valence-corrected chi connectivity index (χ1v) is 5.93. The minimum atomic E-state index is 0.562. The van der Waals surface area contributed by atoms with Crippen LogP contribution in [0.15, 0.2) is 0 Å². The van der Waals surface area contributed by atoms with Gasteiger partial charge < -0.3 is 9.88 Å². The van der Waals surface area contributed by atoms with Gasteiger partial charge in [0.05, 0.1) is 0 Å². The highest BCUT2D eigenvalue weighted by atomic mass is 15.3. The number of piperidine rings is 1. The fourth-order valence-corrected chi connectivity index (χ4v) is 2.27. The first kappa shape index (κ1) is 10.6. The van der Waals surface area contributed by atoms with Crippen molar-refractivity contribution in [2.75, 3.05) is 13.1 Å². The summed E-state index contributed by atoms with van der Waals surface area (Å²) < 4.78 is 2.28. The molecule has 4 heteroatoms. The first-order chi connectivity index (χ1) is 7.33. The monoisotopic (exact) mass is 208 g/mol. The van der Waals surface area contributed by atoms with E-state index in [-0.39, 0.29) is 0 Å². The average Bonchev–Trinajstić information content (AvgIpc) is 2.63. The molecule has 0 amide bonds. The van der Waals surface area contributed by atoms with Gasteiger partial charge in [0.2, 0.25) is 0 Å². The molecule has 2 heterocycles. The fourth-order valence-electron chi connectivity index (χ4n) is 2.27. The van der Waals surface area contributed by atoms with Crippen molar-refractivity contribution in [1.82, 2.24) is 20.1 Å². The summed E-state index contributed by atoms with van der Waals surface area (Å²) in [5.41, 5.74) is 0. The van der Waals surface area contributed by atoms with Crippen LogP contribution in [0.1, 0.15) is 43.8 Å². The first-order valence-electron chi connectivity index (χ1n) is 5.93. The summed E-state index contributed by atoms with van der Waals surface area (Å²) in [5.74, 6) is 2.80. The van der Waals surface area contributed by atoms with Gasteiger partial charge >= 0.3 is 0 Å². The Morgan fingerprint density at radius 1 is 1.47 bits per heavy atom. The van der Waals surface area contributed by atoms with Crippen LogP contribution in [0.3, 0.4) is 0 Å². The zero-order valence-corrected chi connectivity index (χ0v) is 9.66. The molecule has 1 aliphatic heterocycles. The predicted molar refractivity (Wildman–Crippen MR) is 59.9 cm³/mol. The van der Waals surface area contributed by atoms with Crippen molar-refractivity contribution in [3.05, 3.63) is 11.6 Å². The van der Waals surface area contributed by atoms with Crippen LogP contribution in [0.4, 0.5) is 0 Å². The highest BCUT2D eigenvalue weighted by molar-refractivity contribution is 5.03. The standard InChI is InChI=1S/C11H20N4/c1-3-7-15-9(2)13-14-11(15)10-5-4-6-12-8-10/h10,12H,3-8H2,1-2H3/t10-/m1/s1. The second-order valence-corrected chi connectivity index (χ2v) is 4.30. The number of rotatable bonds is 3. The van der Waals surface area contributed by atoms with E-state index in [2.05, 4.69) is 27.0 Å². The van der Waals surface area contributed by atoms with Gasteiger partial charge in [0.1, 0.15) is 11.6 Å². The summed E-state index contributed by atoms with van der Waals surface area (Å²) in [7, 11) is 0. The molecule has 2 rings (SSSR count). The Kier molecular flexibility index (Phi) is 3.36. The van der Waals surface area contributed by atoms with E-state index in [0.717, 1.165) is 31.9 Å². The third-order valence-electron chi connectivity index (χ3n) is 3.07. The van der Waals surface area contributed by atoms with Gasteiger partial charge in [0.15, 0.2) is 0 Å². The van der Waals surface area contributed by atoms with Crippen LogP contribution >= 0.6 is 0 Å². The Hall–Kier alpha value is -0.900. The SMILES string of the molecule is CCCn1c(C)nnc1[C@@H]1CCCNC1. The third kappa shape index (κ3) is 2.20. The van der Waals surface area contributed by atoms with E-state index in [4.69, 9.17) is 0 Å². The average molecular weight is 208 g/mol. The van der Waals surface area contributed by atoms with Gasteiger partial charge in [-0.3, -0.25) is 0 Å². The summed E-state index contributed by atoms with van der Waals surface area (Å²) in [6.45, 7) is 7.49. The number of hydrogen-bond donors (Lipinski definition) is 1. The molecule has 0 radical (unpaired) electrons. The summed E-state index contributed by atoms with van der Waals surface area (Å²) in [6, 6.07) is 0. The summed E-state index contributed by atoms with van der Waals surface area (Å²) in [4.78, 5) is 0. The van der Waals surface area contributed by atoms with Crippen molar-refractivity contribution in [3.63, 3.8) is 0 Å². The summed E-state index contributed by atoms with van der Waals surface area (Å²) in [5, 5.41) is 12.0. The molecule has 0 bridgehead atoms. The van der Waals surface area contributed by atoms with E-state index in [1.165, 1.54) is 18.7 Å². The third-order valence-corrected chi connectivity index (χ3v) is 3.07. The van der Waals surface area contributed by atoms with E-state index in [9.17, 15) is 0 Å². The maximum Gasteiger partial charge on any atom is 0.137 e. The molecule has 0 aromatic carbocycles. The van der Waals surface area contributed by atoms with Gasteiger partial charge in [-0.05, 0) is 32.7 Å². The molecular weight excluding hydrogens is 188 g/mol. The molecule has 1 saturated heterocycles. The van der Waals surface area contributed by atoms with Crippen LogP contribution in [0.5, 0.6) is 0 Å². The fraction of sp³-hybridized carbons (Fsp3) is 0.818. The highest BCUT2D eigenvalue weighted by Gasteiger charge is 2.21. The Labute approximate surface area is 91.1 Å². The lowest BCUT2D eigenvalue weighted by Crippen LogP contribution is -2.30. The van der Waals surface area contributed by atoms with Crippen LogP contribution in [0, 0.1) is 6.92 Å². The van der Waals surface area contributed by atoms with Crippen LogP contribution in [0.2, 0.25) is 0 Å². The molecule has 1 aromatic rings. The van der Waals surface area contributed by atoms with Gasteiger partial charge in [0.25, 0.3) is 0 Å².